The first-order chi connectivity index (χ1) is 15.4. The van der Waals surface area contributed by atoms with Gasteiger partial charge in [0.05, 0.1) is 16.9 Å². The number of rotatable bonds is 6. The van der Waals surface area contributed by atoms with Crippen molar-refractivity contribution in [1.82, 2.24) is 14.5 Å². The minimum absolute atomic E-state index is 0.194. The average molecular weight is 432 g/mol. The molecule has 3 N–H and O–H groups in total. The second-order valence-corrected chi connectivity index (χ2v) is 8.67. The maximum Gasteiger partial charge on any atom is 0.122 e. The van der Waals surface area contributed by atoms with E-state index < -0.39 is 0 Å². The normalized spacial score (nSPS) is 15.3. The molecule has 1 aromatic heterocycles. The maximum atomic E-state index is 7.79. The highest BCUT2D eigenvalue weighted by molar-refractivity contribution is 5.78. The Labute approximate surface area is 190 Å². The number of anilines is 1. The fraction of sp³-hybridized carbons (Fsp3) is 0.385. The highest BCUT2D eigenvalue weighted by Crippen LogP contribution is 2.26. The number of ether oxygens (including phenoxy) is 1. The number of nitrogens with one attached hydrogen (secondary N) is 1. The van der Waals surface area contributed by atoms with E-state index in [4.69, 9.17) is 20.9 Å². The van der Waals surface area contributed by atoms with E-state index in [0.717, 1.165) is 72.8 Å². The number of hydrogen-bond donors (Lipinski definition) is 2. The van der Waals surface area contributed by atoms with Crippen LogP contribution in [0.2, 0.25) is 0 Å². The van der Waals surface area contributed by atoms with Gasteiger partial charge in [0.2, 0.25) is 0 Å². The monoisotopic (exact) mass is 431 g/mol. The highest BCUT2D eigenvalue weighted by atomic mass is 16.5. The summed E-state index contributed by atoms with van der Waals surface area (Å²) in [7, 11) is 0. The quantitative estimate of drug-likeness (QED) is 0.322. The summed E-state index contributed by atoms with van der Waals surface area (Å²) in [6, 6.07) is 14.2. The molecule has 1 aliphatic rings. The van der Waals surface area contributed by atoms with E-state index in [1.54, 1.807) is 0 Å². The van der Waals surface area contributed by atoms with E-state index in [1.807, 2.05) is 25.1 Å². The van der Waals surface area contributed by atoms with Crippen molar-refractivity contribution in [2.45, 2.75) is 52.7 Å². The van der Waals surface area contributed by atoms with Gasteiger partial charge in [-0.15, -0.1) is 0 Å². The minimum Gasteiger partial charge on any atom is -0.490 e. The molecule has 2 heterocycles. The topological polar surface area (TPSA) is 80.2 Å². The van der Waals surface area contributed by atoms with Crippen LogP contribution < -0.4 is 10.5 Å². The number of imidazole rings is 1. The van der Waals surface area contributed by atoms with Gasteiger partial charge < -0.3 is 19.9 Å². The fourth-order valence-electron chi connectivity index (χ4n) is 4.41. The van der Waals surface area contributed by atoms with Crippen molar-refractivity contribution in [3.63, 3.8) is 0 Å². The van der Waals surface area contributed by atoms with E-state index in [-0.39, 0.29) is 6.10 Å². The lowest BCUT2D eigenvalue weighted by molar-refractivity contribution is 0.130. The van der Waals surface area contributed by atoms with Crippen molar-refractivity contribution >= 4 is 28.6 Å². The zero-order valence-corrected chi connectivity index (χ0v) is 19.3. The molecular weight excluding hydrogens is 398 g/mol. The van der Waals surface area contributed by atoms with E-state index >= 15 is 0 Å². The summed E-state index contributed by atoms with van der Waals surface area (Å²) in [5, 5.41) is 7.79. The Bertz CT molecular complexity index is 1140. The Balaban J connectivity index is 1.51. The standard InChI is InChI=1S/C26H33N5O/c1-4-26-29-24-16-23(32-22-10-12-30(13-11-22)19(3)27)8-9-25(24)31(26)17-18(2)14-20-6-5-7-21(28)15-20/h5-9,14-16,22,27H,4,10-13,17,28H2,1-3H3/b18-14+,27-19?. The van der Waals surface area contributed by atoms with Crippen LogP contribution in [0.15, 0.2) is 48.0 Å². The Hall–Kier alpha value is -3.28. The maximum absolute atomic E-state index is 7.79. The van der Waals surface area contributed by atoms with Crippen LogP contribution >= 0.6 is 0 Å². The Kier molecular flexibility index (Phi) is 6.49. The molecule has 0 aliphatic carbocycles. The average Bonchev–Trinajstić information content (AvgIpc) is 3.10. The van der Waals surface area contributed by atoms with Gasteiger partial charge >= 0.3 is 0 Å². The summed E-state index contributed by atoms with van der Waals surface area (Å²) in [5.41, 5.74) is 11.2. The molecule has 1 fully saturated rings. The molecule has 3 aromatic rings. The van der Waals surface area contributed by atoms with Crippen molar-refractivity contribution in [3.05, 3.63) is 59.4 Å². The van der Waals surface area contributed by atoms with Crippen molar-refractivity contribution in [3.8, 4) is 5.75 Å². The first-order valence-electron chi connectivity index (χ1n) is 11.4. The SMILES string of the molecule is CCc1nc2cc(OC3CCN(C(C)=N)CC3)ccc2n1C/C(C)=C/c1cccc(N)c1. The minimum atomic E-state index is 0.194. The molecule has 0 amide bonds. The van der Waals surface area contributed by atoms with Gasteiger partial charge in [0, 0.05) is 50.7 Å². The van der Waals surface area contributed by atoms with E-state index in [2.05, 4.69) is 53.7 Å². The molecule has 0 atom stereocenters. The first kappa shape index (κ1) is 21.9. The molecule has 0 bridgehead atoms. The third-order valence-corrected chi connectivity index (χ3v) is 6.07. The predicted octanol–water partition coefficient (Wildman–Crippen LogP) is 5.12. The van der Waals surface area contributed by atoms with Crippen LogP contribution in [0.1, 0.15) is 45.0 Å². The molecule has 2 aromatic carbocycles. The van der Waals surface area contributed by atoms with Crippen molar-refractivity contribution in [1.29, 1.82) is 5.41 Å². The molecule has 6 heteroatoms. The number of fused-ring (bicyclic) bond motifs is 1. The van der Waals surface area contributed by atoms with Gasteiger partial charge in [-0.2, -0.15) is 0 Å². The highest BCUT2D eigenvalue weighted by Gasteiger charge is 2.21. The third kappa shape index (κ3) is 4.96. The van der Waals surface area contributed by atoms with Crippen LogP contribution in [0, 0.1) is 5.41 Å². The van der Waals surface area contributed by atoms with E-state index in [1.165, 1.54) is 5.57 Å². The number of nitrogens with zero attached hydrogens (tertiary/aromatic N) is 3. The van der Waals surface area contributed by atoms with Gasteiger partial charge in [0.25, 0.3) is 0 Å². The Morgan fingerprint density at radius 2 is 1.97 bits per heavy atom. The summed E-state index contributed by atoms with van der Waals surface area (Å²) >= 11 is 0. The number of benzene rings is 2. The second-order valence-electron chi connectivity index (χ2n) is 8.67. The summed E-state index contributed by atoms with van der Waals surface area (Å²) in [6.07, 6.45) is 5.13. The molecule has 4 rings (SSSR count). The molecule has 0 spiro atoms. The van der Waals surface area contributed by atoms with Gasteiger partial charge in [0.15, 0.2) is 0 Å². The summed E-state index contributed by atoms with van der Waals surface area (Å²) in [4.78, 5) is 7.00. The van der Waals surface area contributed by atoms with Crippen molar-refractivity contribution < 1.29 is 4.74 Å². The Morgan fingerprint density at radius 3 is 2.66 bits per heavy atom. The van der Waals surface area contributed by atoms with Gasteiger partial charge in [-0.3, -0.25) is 5.41 Å². The fourth-order valence-corrected chi connectivity index (χ4v) is 4.41. The van der Waals surface area contributed by atoms with Gasteiger partial charge in [-0.1, -0.05) is 30.7 Å². The Morgan fingerprint density at radius 1 is 1.19 bits per heavy atom. The summed E-state index contributed by atoms with van der Waals surface area (Å²) < 4.78 is 8.57. The van der Waals surface area contributed by atoms with Crippen LogP contribution in [0.25, 0.3) is 17.1 Å². The van der Waals surface area contributed by atoms with Crippen LogP contribution in [-0.4, -0.2) is 39.5 Å². The lowest BCUT2D eigenvalue weighted by atomic mass is 10.1. The van der Waals surface area contributed by atoms with Gasteiger partial charge in [-0.05, 0) is 43.7 Å². The molecular formula is C26H33N5O. The number of piperidine rings is 1. The lowest BCUT2D eigenvalue weighted by Crippen LogP contribution is -2.40. The number of likely N-dealkylation sites (tertiary alicyclic amines) is 1. The first-order valence-corrected chi connectivity index (χ1v) is 11.4. The molecule has 0 unspecified atom stereocenters. The smallest absolute Gasteiger partial charge is 0.122 e. The number of aryl methyl sites for hydroxylation is 1. The van der Waals surface area contributed by atoms with Gasteiger partial charge in [0.1, 0.15) is 17.7 Å². The van der Waals surface area contributed by atoms with E-state index in [9.17, 15) is 0 Å². The lowest BCUT2D eigenvalue weighted by Gasteiger charge is -2.32. The van der Waals surface area contributed by atoms with Crippen molar-refractivity contribution in [2.75, 3.05) is 18.8 Å². The molecule has 1 aliphatic heterocycles. The zero-order chi connectivity index (χ0) is 22.7. The number of nitrogens with two attached hydrogens (primary N) is 1. The van der Waals surface area contributed by atoms with Crippen LogP contribution in [-0.2, 0) is 13.0 Å². The number of amidine groups is 1. The largest absolute Gasteiger partial charge is 0.490 e. The summed E-state index contributed by atoms with van der Waals surface area (Å²) in [6.45, 7) is 8.70. The number of allylic oxidation sites excluding steroid dienone is 1. The predicted molar refractivity (Wildman–Crippen MR) is 132 cm³/mol. The summed E-state index contributed by atoms with van der Waals surface area (Å²) in [5.74, 6) is 2.59. The third-order valence-electron chi connectivity index (χ3n) is 6.07. The number of hydrogen-bond acceptors (Lipinski definition) is 4. The molecule has 0 saturated carbocycles. The molecule has 6 nitrogen and oxygen atoms in total. The second kappa shape index (κ2) is 9.47. The van der Waals surface area contributed by atoms with Crippen LogP contribution in [0.3, 0.4) is 0 Å². The molecule has 168 valence electrons. The molecule has 0 radical (unpaired) electrons. The van der Waals surface area contributed by atoms with Crippen molar-refractivity contribution in [2.24, 2.45) is 0 Å². The number of aromatic nitrogens is 2. The molecule has 32 heavy (non-hydrogen) atoms. The van der Waals surface area contributed by atoms with Crippen LogP contribution in [0.5, 0.6) is 5.75 Å². The van der Waals surface area contributed by atoms with E-state index in [0.29, 0.717) is 5.84 Å². The van der Waals surface area contributed by atoms with Gasteiger partial charge in [-0.25, -0.2) is 4.98 Å². The number of nitrogen functional groups attached to an aromatic ring is 1. The van der Waals surface area contributed by atoms with Crippen LogP contribution in [0.4, 0.5) is 5.69 Å². The molecule has 1 saturated heterocycles. The zero-order valence-electron chi connectivity index (χ0n) is 19.3.